The molecule has 0 unspecified atom stereocenters. The first-order valence-electron chi connectivity index (χ1n) is 1.09. The molecule has 0 aromatic carbocycles. The maximum absolute atomic E-state index is 8.88. The minimum Gasteiger partial charge on any atom is -0.303 e. The molecule has 9 heteroatoms. The average Bonchev–Trinajstić information content (AvgIpc) is 1.27. The predicted molar refractivity (Wildman–Crippen MR) is 37.4 cm³/mol. The van der Waals surface area contributed by atoms with Gasteiger partial charge in [0.25, 0.3) is 0 Å². The first-order chi connectivity index (χ1) is 3.41. The van der Waals surface area contributed by atoms with Crippen LogP contribution in [0.4, 0.5) is 0 Å². The molecule has 0 aromatic rings. The first kappa shape index (κ1) is 16.5. The van der Waals surface area contributed by atoms with Gasteiger partial charge in [-0.3, -0.25) is 0 Å². The van der Waals surface area contributed by atoms with Crippen LogP contribution in [-0.2, 0) is 8.41 Å². The average molecular weight is 219 g/mol. The van der Waals surface area contributed by atoms with Crippen molar-refractivity contribution in [2.75, 3.05) is 0 Å². The Bertz CT molecular complexity index is 70.8. The minimum absolute atomic E-state index is 0. The van der Waals surface area contributed by atoms with Crippen molar-refractivity contribution >= 4 is 45.1 Å². The van der Waals surface area contributed by atoms with E-state index >= 15 is 0 Å². The van der Waals surface area contributed by atoms with Gasteiger partial charge in [-0.25, -0.2) is 4.57 Å². The van der Waals surface area contributed by atoms with Crippen LogP contribution in [-0.4, -0.2) is 14.7 Å². The Morgan fingerprint density at radius 3 is 1.22 bits per heavy atom. The molecule has 0 aliphatic rings. The van der Waals surface area contributed by atoms with Crippen LogP contribution in [0, 0.1) is 0 Å². The van der Waals surface area contributed by atoms with E-state index in [9.17, 15) is 0 Å². The van der Waals surface area contributed by atoms with E-state index in [-0.39, 0.29) is 13.5 Å². The van der Waals surface area contributed by atoms with Gasteiger partial charge in [-0.05, 0) is 0 Å². The molecule has 0 aliphatic carbocycles. The smallest absolute Gasteiger partial charge is 0.303 e. The Morgan fingerprint density at radius 1 is 1.22 bits per heavy atom. The highest BCUT2D eigenvalue weighted by atomic mass is 35.6. The summed E-state index contributed by atoms with van der Waals surface area (Å²) in [7, 11) is -4.64. The lowest BCUT2D eigenvalue weighted by Gasteiger charge is -1.82. The third-order valence-electron chi connectivity index (χ3n) is 0. The van der Waals surface area contributed by atoms with Crippen molar-refractivity contribution in [1.29, 1.82) is 0 Å². The first-order valence-corrected chi connectivity index (χ1v) is 3.27. The van der Waals surface area contributed by atoms with Gasteiger partial charge in [0.05, 0.1) is 23.7 Å². The fraction of sp³-hybridized carbons (Fsp3) is 0. The summed E-state index contributed by atoms with van der Waals surface area (Å²) in [6, 6.07) is 0. The Morgan fingerprint density at radius 2 is 1.22 bits per heavy atom. The number of rotatable bonds is 0. The zero-order valence-electron chi connectivity index (χ0n) is 3.86. The molecule has 0 bridgehead atoms. The van der Waals surface area contributed by atoms with E-state index in [0.29, 0.717) is 0 Å². The molecule has 3 N–H and O–H groups in total. The van der Waals surface area contributed by atoms with Crippen molar-refractivity contribution in [2.24, 2.45) is 0 Å². The monoisotopic (exact) mass is 218 g/mol. The molecular weight excluding hydrogens is 214 g/mol. The van der Waals surface area contributed by atoms with Gasteiger partial charge >= 0.3 is 7.82 Å². The second kappa shape index (κ2) is 9.00. The van der Waals surface area contributed by atoms with Crippen LogP contribution in [0.3, 0.4) is 0 Å². The highest BCUT2D eigenvalue weighted by Crippen LogP contribution is 2.25. The summed E-state index contributed by atoms with van der Waals surface area (Å²) < 4.78 is 12.1. The van der Waals surface area contributed by atoms with Crippen LogP contribution in [0.15, 0.2) is 0 Å². The topological polar surface area (TPSA) is 87.0 Å². The molecule has 0 atom stereocenters. The van der Waals surface area contributed by atoms with E-state index in [1.165, 1.54) is 0 Å². The van der Waals surface area contributed by atoms with Gasteiger partial charge in [-0.15, -0.1) is 0 Å². The van der Waals surface area contributed by atoms with E-state index in [2.05, 4.69) is 27.6 Å². The van der Waals surface area contributed by atoms with E-state index in [1.807, 2.05) is 0 Å². The third kappa shape index (κ3) is 441. The van der Waals surface area contributed by atoms with Gasteiger partial charge in [-0.2, -0.15) is 17.3 Å². The van der Waals surface area contributed by atoms with Crippen LogP contribution in [0.25, 0.3) is 0 Å². The molecule has 0 fully saturated rings. The Labute approximate surface area is 68.6 Å². The highest BCUT2D eigenvalue weighted by molar-refractivity contribution is 7.59. The Kier molecular flexibility index (Phi) is 16.5. The predicted octanol–water partition coefficient (Wildman–Crippen LogP) is 0.495. The van der Waals surface area contributed by atoms with Gasteiger partial charge in [0, 0.05) is 0 Å². The second-order valence-corrected chi connectivity index (χ2v) is 2.06. The lowest BCUT2D eigenvalue weighted by atomic mass is 15.8. The molecule has 0 heterocycles. The molecule has 0 saturated carbocycles. The van der Waals surface area contributed by atoms with Crippen molar-refractivity contribution < 1.29 is 23.1 Å². The molecular formula is H5Cl2O5PS. The van der Waals surface area contributed by atoms with Gasteiger partial charge in [0.2, 0.25) is 0 Å². The summed E-state index contributed by atoms with van der Waals surface area (Å²) in [4.78, 5) is 21.6. The number of hydrogen-bond acceptors (Lipinski definition) is 2. The van der Waals surface area contributed by atoms with E-state index in [0.717, 1.165) is 0 Å². The van der Waals surface area contributed by atoms with Crippen LogP contribution in [0.5, 0.6) is 0 Å². The number of halogens is 2. The molecule has 0 spiro atoms. The summed E-state index contributed by atoms with van der Waals surface area (Å²) in [5.74, 6) is 0. The summed E-state index contributed by atoms with van der Waals surface area (Å²) in [6.45, 7) is 0. The summed E-state index contributed by atoms with van der Waals surface area (Å²) in [6.07, 6.45) is 0. The fourth-order valence-electron chi connectivity index (χ4n) is 0. The SMILES string of the molecule is ClOCl.O=P(O)(O)O.S. The molecule has 0 aliphatic heterocycles. The minimum atomic E-state index is -4.64. The Hall–Kier alpha value is 1.000. The van der Waals surface area contributed by atoms with Crippen molar-refractivity contribution in [1.82, 2.24) is 0 Å². The zero-order valence-corrected chi connectivity index (χ0v) is 7.27. The van der Waals surface area contributed by atoms with Crippen molar-refractivity contribution in [2.45, 2.75) is 0 Å². The maximum Gasteiger partial charge on any atom is 0.466 e. The van der Waals surface area contributed by atoms with Crippen LogP contribution in [0.1, 0.15) is 0 Å². The second-order valence-electron chi connectivity index (χ2n) is 0.572. The van der Waals surface area contributed by atoms with Crippen molar-refractivity contribution in [3.05, 3.63) is 0 Å². The molecule has 0 rings (SSSR count). The van der Waals surface area contributed by atoms with Crippen molar-refractivity contribution in [3.63, 3.8) is 0 Å². The van der Waals surface area contributed by atoms with Crippen LogP contribution >= 0.6 is 45.1 Å². The van der Waals surface area contributed by atoms with Crippen molar-refractivity contribution in [3.8, 4) is 0 Å². The van der Waals surface area contributed by atoms with Gasteiger partial charge in [0.1, 0.15) is 0 Å². The maximum atomic E-state index is 8.88. The normalized spacial score (nSPS) is 8.56. The molecule has 5 nitrogen and oxygen atoms in total. The quantitative estimate of drug-likeness (QED) is 0.516. The lowest BCUT2D eigenvalue weighted by Crippen LogP contribution is -1.66. The fourth-order valence-corrected chi connectivity index (χ4v) is 0. The molecule has 60 valence electrons. The standard InChI is InChI=1S/Cl2O.H3O4P.H2S/c1-3-2;1-5(2,3)4;/h;(H3,1,2,3,4);1H2. The van der Waals surface area contributed by atoms with E-state index < -0.39 is 7.82 Å². The van der Waals surface area contributed by atoms with Gasteiger partial charge in [0.15, 0.2) is 0 Å². The largest absolute Gasteiger partial charge is 0.466 e. The molecule has 9 heavy (non-hydrogen) atoms. The third-order valence-corrected chi connectivity index (χ3v) is 0. The highest BCUT2D eigenvalue weighted by Gasteiger charge is 2.00. The van der Waals surface area contributed by atoms with E-state index in [1.54, 1.807) is 0 Å². The van der Waals surface area contributed by atoms with Crippen LogP contribution in [0.2, 0.25) is 0 Å². The summed E-state index contributed by atoms with van der Waals surface area (Å²) in [5, 5.41) is 0. The van der Waals surface area contributed by atoms with E-state index in [4.69, 9.17) is 19.2 Å². The lowest BCUT2D eigenvalue weighted by molar-refractivity contribution is 0.275. The van der Waals surface area contributed by atoms with Crippen LogP contribution < -0.4 is 0 Å². The van der Waals surface area contributed by atoms with Gasteiger partial charge in [-0.1, -0.05) is 0 Å². The zero-order chi connectivity index (χ0) is 7.21. The number of hydrogen-bond donors (Lipinski definition) is 3. The summed E-state index contributed by atoms with van der Waals surface area (Å²) in [5.41, 5.74) is 0. The number of phosphoric acid groups is 1. The summed E-state index contributed by atoms with van der Waals surface area (Å²) >= 11 is 8.53. The van der Waals surface area contributed by atoms with Gasteiger partial charge < -0.3 is 14.7 Å². The molecule has 0 saturated heterocycles. The molecule has 0 amide bonds. The molecule has 0 aromatic heterocycles. The Balaban J connectivity index is -0.0000000800. The molecule has 0 radical (unpaired) electrons.